The molecule has 1 aliphatic heterocycles. The van der Waals surface area contributed by atoms with E-state index in [1.807, 2.05) is 55.2 Å². The predicted octanol–water partition coefficient (Wildman–Crippen LogP) is 7.39. The third kappa shape index (κ3) is 7.06. The Kier molecular flexibility index (Phi) is 9.77. The number of aromatic nitrogens is 4. The molecule has 2 N–H and O–H groups in total. The number of methoxy groups -OCH3 is 1. The van der Waals surface area contributed by atoms with E-state index < -0.39 is 5.60 Å². The van der Waals surface area contributed by atoms with Gasteiger partial charge in [-0.15, -0.1) is 0 Å². The lowest BCUT2D eigenvalue weighted by molar-refractivity contribution is -0.138. The molecule has 2 aromatic carbocycles. The first-order chi connectivity index (χ1) is 23.3. The number of fused-ring (bicyclic) bond motifs is 1. The second kappa shape index (κ2) is 14.3. The molecule has 2 aliphatic rings. The van der Waals surface area contributed by atoms with Gasteiger partial charge in [-0.05, 0) is 80.9 Å². The maximum Gasteiger partial charge on any atom is 0.256 e. The first-order valence-electron chi connectivity index (χ1n) is 16.5. The molecule has 246 valence electrons. The van der Waals surface area contributed by atoms with Gasteiger partial charge in [0.1, 0.15) is 5.60 Å². The summed E-state index contributed by atoms with van der Waals surface area (Å²) in [7, 11) is 1.59. The van der Waals surface area contributed by atoms with Crippen molar-refractivity contribution >= 4 is 39.6 Å². The van der Waals surface area contributed by atoms with Crippen molar-refractivity contribution < 1.29 is 14.3 Å². The zero-order chi connectivity index (χ0) is 33.7. The molecule has 0 radical (unpaired) electrons. The molecule has 2 aromatic heterocycles. The number of H-pyrrole nitrogens is 1. The molecule has 0 saturated heterocycles. The van der Waals surface area contributed by atoms with Crippen molar-refractivity contribution in [3.05, 3.63) is 109 Å². The van der Waals surface area contributed by atoms with Gasteiger partial charge in [-0.2, -0.15) is 5.10 Å². The molecule has 2 atom stereocenters. The summed E-state index contributed by atoms with van der Waals surface area (Å²) in [6.45, 7) is 9.17. The van der Waals surface area contributed by atoms with E-state index in [2.05, 4.69) is 56.3 Å². The Morgan fingerprint density at radius 2 is 1.90 bits per heavy atom. The minimum atomic E-state index is -0.985. The van der Waals surface area contributed by atoms with Crippen LogP contribution in [0.1, 0.15) is 57.2 Å². The Labute approximate surface area is 281 Å². The number of amides is 2. The molecule has 48 heavy (non-hydrogen) atoms. The van der Waals surface area contributed by atoms with Crippen LogP contribution in [0.2, 0.25) is 0 Å². The highest BCUT2D eigenvalue weighted by Gasteiger charge is 2.46. The molecule has 9 heteroatoms. The van der Waals surface area contributed by atoms with Gasteiger partial charge in [-0.25, -0.2) is 9.97 Å². The van der Waals surface area contributed by atoms with E-state index in [4.69, 9.17) is 4.74 Å². The second-order valence-corrected chi connectivity index (χ2v) is 12.8. The van der Waals surface area contributed by atoms with Gasteiger partial charge >= 0.3 is 0 Å². The first kappa shape index (κ1) is 32.8. The molecule has 4 aromatic rings. The van der Waals surface area contributed by atoms with E-state index in [1.165, 1.54) is 5.57 Å². The van der Waals surface area contributed by atoms with Crippen molar-refractivity contribution in [1.82, 2.24) is 25.1 Å². The summed E-state index contributed by atoms with van der Waals surface area (Å²) in [6, 6.07) is 15.8. The van der Waals surface area contributed by atoms with Gasteiger partial charge in [0.25, 0.3) is 5.91 Å². The molecule has 3 heterocycles. The highest BCUT2D eigenvalue weighted by atomic mass is 16.5. The van der Waals surface area contributed by atoms with Crippen molar-refractivity contribution in [2.45, 2.75) is 51.6 Å². The number of rotatable bonds is 10. The summed E-state index contributed by atoms with van der Waals surface area (Å²) in [6.07, 6.45) is 14.4. The summed E-state index contributed by atoms with van der Waals surface area (Å²) in [5, 5.41) is 11.6. The maximum absolute atomic E-state index is 13.7. The Hall–Kier alpha value is -5.15. The van der Waals surface area contributed by atoms with Crippen molar-refractivity contribution in [3.8, 4) is 11.4 Å². The SMILES string of the molecule is C=C/C=C(\C=C(C)C)c1n[nH]c2ccc(NC(=O)[C@]3(OC)CCC(CC(=O)N4CC=C(c5ccc(-c6ncccn6)cc5)CC4)C3)cc12. The molecule has 2 amide bonds. The number of nitrogens with zero attached hydrogens (tertiary/aromatic N) is 4. The van der Waals surface area contributed by atoms with E-state index in [9.17, 15) is 9.59 Å². The lowest BCUT2D eigenvalue weighted by Crippen LogP contribution is -2.43. The van der Waals surface area contributed by atoms with Crippen LogP contribution in [-0.2, 0) is 14.3 Å². The summed E-state index contributed by atoms with van der Waals surface area (Å²) >= 11 is 0. The van der Waals surface area contributed by atoms with Crippen molar-refractivity contribution in [1.29, 1.82) is 0 Å². The van der Waals surface area contributed by atoms with E-state index in [0.717, 1.165) is 51.7 Å². The number of benzene rings is 2. The van der Waals surface area contributed by atoms with Crippen LogP contribution in [0.5, 0.6) is 0 Å². The molecule has 0 spiro atoms. The van der Waals surface area contributed by atoms with E-state index in [0.29, 0.717) is 43.9 Å². The minimum absolute atomic E-state index is 0.0694. The van der Waals surface area contributed by atoms with Gasteiger partial charge in [0.15, 0.2) is 5.82 Å². The average molecular weight is 643 g/mol. The number of hydrogen-bond acceptors (Lipinski definition) is 6. The number of anilines is 1. The Morgan fingerprint density at radius 3 is 2.58 bits per heavy atom. The minimum Gasteiger partial charge on any atom is -0.368 e. The van der Waals surface area contributed by atoms with Gasteiger partial charge in [0, 0.05) is 61.2 Å². The molecule has 9 nitrogen and oxygen atoms in total. The second-order valence-electron chi connectivity index (χ2n) is 12.8. The van der Waals surface area contributed by atoms with Gasteiger partial charge in [-0.3, -0.25) is 14.7 Å². The van der Waals surface area contributed by atoms with E-state index in [-0.39, 0.29) is 17.7 Å². The standard InChI is InChI=1S/C39H42N6O3/c1-5-7-31(22-26(2)3)36-33-24-32(12-13-34(33)43-44-36)42-38(47)39(48-4)17-14-27(25-39)23-35(46)45-20-15-29(16-21-45)28-8-10-30(11-9-28)37-40-18-6-19-41-37/h5-13,15,18-19,22,24,27H,1,14,16-17,20-21,23,25H2,2-4H3,(H,42,47)(H,43,44)/b31-7+/t27?,39-/m0/s1. The Balaban J connectivity index is 1.07. The fraction of sp³-hybridized carbons (Fsp3) is 0.308. The fourth-order valence-electron chi connectivity index (χ4n) is 6.77. The third-order valence-electron chi connectivity index (χ3n) is 9.32. The molecular weight excluding hydrogens is 600 g/mol. The summed E-state index contributed by atoms with van der Waals surface area (Å²) < 4.78 is 5.90. The van der Waals surface area contributed by atoms with Crippen molar-refractivity contribution in [3.63, 3.8) is 0 Å². The molecule has 6 rings (SSSR count). The zero-order valence-corrected chi connectivity index (χ0v) is 27.8. The Bertz CT molecular complexity index is 1900. The predicted molar refractivity (Wildman–Crippen MR) is 191 cm³/mol. The topological polar surface area (TPSA) is 113 Å². The van der Waals surface area contributed by atoms with Crippen LogP contribution in [0.4, 0.5) is 5.69 Å². The van der Waals surface area contributed by atoms with E-state index in [1.54, 1.807) is 31.6 Å². The highest BCUT2D eigenvalue weighted by Crippen LogP contribution is 2.40. The summed E-state index contributed by atoms with van der Waals surface area (Å²) in [5.41, 5.74) is 6.78. The van der Waals surface area contributed by atoms with Gasteiger partial charge < -0.3 is 15.0 Å². The lowest BCUT2D eigenvalue weighted by atomic mass is 9.95. The molecule has 1 aliphatic carbocycles. The van der Waals surface area contributed by atoms with Crippen molar-refractivity contribution in [2.75, 3.05) is 25.5 Å². The number of hydrogen-bond donors (Lipinski definition) is 2. The van der Waals surface area contributed by atoms with Crippen LogP contribution in [0, 0.1) is 5.92 Å². The van der Waals surface area contributed by atoms with Gasteiger partial charge in [0.2, 0.25) is 5.91 Å². The van der Waals surface area contributed by atoms with Gasteiger partial charge in [0.05, 0.1) is 11.2 Å². The zero-order valence-electron chi connectivity index (χ0n) is 27.8. The van der Waals surface area contributed by atoms with Crippen LogP contribution in [0.15, 0.2) is 97.4 Å². The van der Waals surface area contributed by atoms with E-state index >= 15 is 0 Å². The number of allylic oxidation sites excluding steroid dienone is 5. The molecule has 1 unspecified atom stereocenters. The molecule has 1 saturated carbocycles. The van der Waals surface area contributed by atoms with Crippen LogP contribution in [-0.4, -0.2) is 62.7 Å². The fourth-order valence-corrected chi connectivity index (χ4v) is 6.77. The lowest BCUT2D eigenvalue weighted by Gasteiger charge is -2.29. The number of carbonyl (C=O) groups excluding carboxylic acids is 2. The Morgan fingerprint density at radius 1 is 1.12 bits per heavy atom. The molecular formula is C39H42N6O3. The molecule has 0 bridgehead atoms. The molecule has 1 fully saturated rings. The average Bonchev–Trinajstić information content (AvgIpc) is 3.73. The van der Waals surface area contributed by atoms with Crippen LogP contribution < -0.4 is 5.32 Å². The normalized spacial score (nSPS) is 19.6. The third-order valence-corrected chi connectivity index (χ3v) is 9.32. The quantitative estimate of drug-likeness (QED) is 0.175. The number of carbonyl (C=O) groups is 2. The van der Waals surface area contributed by atoms with Crippen LogP contribution in [0.25, 0.3) is 33.4 Å². The summed E-state index contributed by atoms with van der Waals surface area (Å²) in [5.74, 6) is 0.707. The number of ether oxygens (including phenoxy) is 1. The largest absolute Gasteiger partial charge is 0.368 e. The van der Waals surface area contributed by atoms with Crippen molar-refractivity contribution in [2.24, 2.45) is 5.92 Å². The maximum atomic E-state index is 13.7. The number of aromatic amines is 1. The smallest absolute Gasteiger partial charge is 0.256 e. The van der Waals surface area contributed by atoms with Crippen LogP contribution >= 0.6 is 0 Å². The first-order valence-corrected chi connectivity index (χ1v) is 16.5. The highest BCUT2D eigenvalue weighted by molar-refractivity contribution is 6.01. The van der Waals surface area contributed by atoms with Crippen LogP contribution in [0.3, 0.4) is 0 Å². The number of nitrogens with one attached hydrogen (secondary N) is 2. The van der Waals surface area contributed by atoms with Gasteiger partial charge in [-0.1, -0.05) is 60.7 Å². The monoisotopic (exact) mass is 642 g/mol. The summed E-state index contributed by atoms with van der Waals surface area (Å²) in [4.78, 5) is 37.7.